The number of carbonyl (C=O) groups excluding carboxylic acids is 2. The van der Waals surface area contributed by atoms with Gasteiger partial charge in [0.05, 0.1) is 0 Å². The molecule has 1 aromatic heterocycles. The topological polar surface area (TPSA) is 62.3 Å². The smallest absolute Gasteiger partial charge is 0.227 e. The van der Waals surface area contributed by atoms with E-state index in [0.29, 0.717) is 6.54 Å². The van der Waals surface area contributed by atoms with E-state index in [2.05, 4.69) is 10.3 Å². The third-order valence-corrected chi connectivity index (χ3v) is 5.96. The van der Waals surface area contributed by atoms with Gasteiger partial charge in [0.25, 0.3) is 0 Å². The monoisotopic (exact) mass is 393 g/mol. The highest BCUT2D eigenvalue weighted by Crippen LogP contribution is 2.31. The van der Waals surface area contributed by atoms with Crippen LogP contribution in [0.2, 0.25) is 0 Å². The van der Waals surface area contributed by atoms with Gasteiger partial charge < -0.3 is 10.2 Å². The number of benzene rings is 1. The van der Waals surface area contributed by atoms with E-state index < -0.39 is 0 Å². The first-order valence-electron chi connectivity index (χ1n) is 10.5. The third-order valence-electron chi connectivity index (χ3n) is 5.96. The third kappa shape index (κ3) is 5.66. The highest BCUT2D eigenvalue weighted by molar-refractivity contribution is 5.93. The van der Waals surface area contributed by atoms with Gasteiger partial charge in [-0.2, -0.15) is 0 Å². The largest absolute Gasteiger partial charge is 0.345 e. The number of likely N-dealkylation sites (N-methyl/N-ethyl adjacent to an activating group) is 1. The Kier molecular flexibility index (Phi) is 7.02. The molecule has 1 fully saturated rings. The Bertz CT molecular complexity index is 842. The van der Waals surface area contributed by atoms with Crippen LogP contribution in [0.5, 0.6) is 0 Å². The predicted octanol–water partition coefficient (Wildman–Crippen LogP) is 4.14. The molecule has 3 rings (SSSR count). The summed E-state index contributed by atoms with van der Waals surface area (Å²) in [6.07, 6.45) is 7.49. The first-order chi connectivity index (χ1) is 13.9. The van der Waals surface area contributed by atoms with Crippen molar-refractivity contribution >= 4 is 17.5 Å². The van der Waals surface area contributed by atoms with Crippen molar-refractivity contribution in [3.05, 3.63) is 59.4 Å². The lowest BCUT2D eigenvalue weighted by Gasteiger charge is -2.30. The standard InChI is InChI=1S/C24H31N3O2/c1-17-4-5-18(2)22(16-17)26-23(28)20-6-8-21(9-7-20)24(29)27(3)15-12-19-10-13-25-14-11-19/h4-5,10-11,13-14,16,20-21H,6-9,12,15H2,1-3H3,(H,26,28). The Hall–Kier alpha value is -2.69. The maximum absolute atomic E-state index is 12.8. The molecule has 5 nitrogen and oxygen atoms in total. The van der Waals surface area contributed by atoms with Crippen molar-refractivity contribution in [2.45, 2.75) is 46.0 Å². The Morgan fingerprint density at radius 2 is 1.69 bits per heavy atom. The van der Waals surface area contributed by atoms with E-state index in [4.69, 9.17) is 0 Å². The normalized spacial score (nSPS) is 18.9. The molecule has 0 unspecified atom stereocenters. The summed E-state index contributed by atoms with van der Waals surface area (Å²) in [5.74, 6) is 0.298. The average molecular weight is 394 g/mol. The minimum Gasteiger partial charge on any atom is -0.345 e. The summed E-state index contributed by atoms with van der Waals surface area (Å²) >= 11 is 0. The van der Waals surface area contributed by atoms with Gasteiger partial charge in [-0.05, 0) is 80.8 Å². The lowest BCUT2D eigenvalue weighted by Crippen LogP contribution is -2.37. The summed E-state index contributed by atoms with van der Waals surface area (Å²) in [6, 6.07) is 10.1. The molecule has 0 atom stereocenters. The van der Waals surface area contributed by atoms with Crippen LogP contribution < -0.4 is 5.32 Å². The number of carbonyl (C=O) groups is 2. The molecule has 0 saturated heterocycles. The summed E-state index contributed by atoms with van der Waals surface area (Å²) in [4.78, 5) is 31.3. The molecule has 5 heteroatoms. The number of aryl methyl sites for hydroxylation is 2. The minimum atomic E-state index is -0.0129. The van der Waals surface area contributed by atoms with Crippen LogP contribution in [0, 0.1) is 25.7 Å². The minimum absolute atomic E-state index is 0.0129. The lowest BCUT2D eigenvalue weighted by atomic mass is 9.81. The Labute approximate surface area is 173 Å². The molecular formula is C24H31N3O2. The van der Waals surface area contributed by atoms with Gasteiger partial charge in [-0.15, -0.1) is 0 Å². The van der Waals surface area contributed by atoms with E-state index in [1.54, 1.807) is 12.4 Å². The number of aromatic nitrogens is 1. The van der Waals surface area contributed by atoms with Gasteiger partial charge in [0.1, 0.15) is 0 Å². The zero-order valence-corrected chi connectivity index (χ0v) is 17.6. The molecule has 0 spiro atoms. The maximum atomic E-state index is 12.8. The molecule has 1 heterocycles. The maximum Gasteiger partial charge on any atom is 0.227 e. The number of pyridine rings is 1. The van der Waals surface area contributed by atoms with Crippen LogP contribution in [0.4, 0.5) is 5.69 Å². The van der Waals surface area contributed by atoms with Crippen molar-refractivity contribution < 1.29 is 9.59 Å². The van der Waals surface area contributed by atoms with Gasteiger partial charge in [-0.3, -0.25) is 14.6 Å². The second-order valence-electron chi connectivity index (χ2n) is 8.22. The first-order valence-corrected chi connectivity index (χ1v) is 10.5. The second-order valence-corrected chi connectivity index (χ2v) is 8.22. The number of hydrogen-bond acceptors (Lipinski definition) is 3. The molecule has 1 aliphatic rings. The van der Waals surface area contributed by atoms with Crippen LogP contribution in [0.3, 0.4) is 0 Å². The predicted molar refractivity (Wildman–Crippen MR) is 116 cm³/mol. The van der Waals surface area contributed by atoms with Gasteiger partial charge in [-0.25, -0.2) is 0 Å². The Morgan fingerprint density at radius 3 is 2.38 bits per heavy atom. The van der Waals surface area contributed by atoms with Gasteiger partial charge >= 0.3 is 0 Å². The summed E-state index contributed by atoms with van der Waals surface area (Å²) in [5, 5.41) is 3.09. The van der Waals surface area contributed by atoms with Crippen LogP contribution >= 0.6 is 0 Å². The lowest BCUT2D eigenvalue weighted by molar-refractivity contribution is -0.136. The molecule has 0 radical (unpaired) electrons. The number of nitrogens with zero attached hydrogens (tertiary/aromatic N) is 2. The van der Waals surface area contributed by atoms with E-state index in [0.717, 1.165) is 48.9 Å². The zero-order valence-electron chi connectivity index (χ0n) is 17.6. The fourth-order valence-corrected chi connectivity index (χ4v) is 3.98. The Morgan fingerprint density at radius 1 is 1.03 bits per heavy atom. The van der Waals surface area contributed by atoms with E-state index in [-0.39, 0.29) is 23.7 Å². The van der Waals surface area contributed by atoms with Crippen molar-refractivity contribution in [3.63, 3.8) is 0 Å². The van der Waals surface area contributed by atoms with Crippen molar-refractivity contribution in [2.24, 2.45) is 11.8 Å². The number of hydrogen-bond donors (Lipinski definition) is 1. The molecule has 2 aromatic rings. The summed E-state index contributed by atoms with van der Waals surface area (Å²) in [5.41, 5.74) is 4.29. The van der Waals surface area contributed by atoms with Crippen LogP contribution in [0.25, 0.3) is 0 Å². The summed E-state index contributed by atoms with van der Waals surface area (Å²) in [6.45, 7) is 4.74. The van der Waals surface area contributed by atoms with Gasteiger partial charge in [-0.1, -0.05) is 12.1 Å². The molecule has 1 saturated carbocycles. The van der Waals surface area contributed by atoms with Crippen molar-refractivity contribution in [1.82, 2.24) is 9.88 Å². The number of rotatable bonds is 6. The van der Waals surface area contributed by atoms with Crippen molar-refractivity contribution in [3.8, 4) is 0 Å². The average Bonchev–Trinajstić information content (AvgIpc) is 2.75. The summed E-state index contributed by atoms with van der Waals surface area (Å²) < 4.78 is 0. The number of amides is 2. The van der Waals surface area contributed by atoms with Crippen LogP contribution in [0.15, 0.2) is 42.7 Å². The molecule has 1 aromatic carbocycles. The van der Waals surface area contributed by atoms with Crippen LogP contribution in [0.1, 0.15) is 42.4 Å². The molecule has 154 valence electrons. The highest BCUT2D eigenvalue weighted by atomic mass is 16.2. The summed E-state index contributed by atoms with van der Waals surface area (Å²) in [7, 11) is 1.88. The molecule has 1 N–H and O–H groups in total. The van der Waals surface area contributed by atoms with Gasteiger partial charge in [0.15, 0.2) is 0 Å². The van der Waals surface area contributed by atoms with Crippen molar-refractivity contribution in [2.75, 3.05) is 18.9 Å². The number of anilines is 1. The fraction of sp³-hybridized carbons (Fsp3) is 0.458. The number of nitrogens with one attached hydrogen (secondary N) is 1. The highest BCUT2D eigenvalue weighted by Gasteiger charge is 2.31. The van der Waals surface area contributed by atoms with Crippen LogP contribution in [-0.2, 0) is 16.0 Å². The van der Waals surface area contributed by atoms with Gasteiger partial charge in [0.2, 0.25) is 11.8 Å². The Balaban J connectivity index is 1.47. The molecule has 29 heavy (non-hydrogen) atoms. The van der Waals surface area contributed by atoms with E-state index in [1.807, 2.05) is 56.1 Å². The quantitative estimate of drug-likeness (QED) is 0.802. The SMILES string of the molecule is Cc1ccc(C)c(NC(=O)C2CCC(C(=O)N(C)CCc3ccncc3)CC2)c1. The van der Waals surface area contributed by atoms with Gasteiger partial charge in [0, 0.05) is 43.5 Å². The first kappa shape index (κ1) is 21.0. The van der Waals surface area contributed by atoms with E-state index in [1.165, 1.54) is 5.56 Å². The molecule has 0 aliphatic heterocycles. The second kappa shape index (κ2) is 9.68. The molecule has 1 aliphatic carbocycles. The van der Waals surface area contributed by atoms with Crippen LogP contribution in [-0.4, -0.2) is 35.3 Å². The molecular weight excluding hydrogens is 362 g/mol. The van der Waals surface area contributed by atoms with E-state index >= 15 is 0 Å². The van der Waals surface area contributed by atoms with Crippen molar-refractivity contribution in [1.29, 1.82) is 0 Å². The zero-order chi connectivity index (χ0) is 20.8. The van der Waals surface area contributed by atoms with E-state index in [9.17, 15) is 9.59 Å². The fourth-order valence-electron chi connectivity index (χ4n) is 3.98. The molecule has 2 amide bonds. The molecule has 0 bridgehead atoms.